The summed E-state index contributed by atoms with van der Waals surface area (Å²) in [6.07, 6.45) is 7.92. The average molecular weight is 378 g/mol. The van der Waals surface area contributed by atoms with Gasteiger partial charge in [0.1, 0.15) is 0 Å². The van der Waals surface area contributed by atoms with Crippen molar-refractivity contribution in [2.45, 2.75) is 51.4 Å². The van der Waals surface area contributed by atoms with Crippen molar-refractivity contribution in [3.63, 3.8) is 0 Å². The van der Waals surface area contributed by atoms with Crippen LogP contribution in [-0.2, 0) is 9.59 Å². The molecule has 2 amide bonds. The molecule has 8 heteroatoms. The van der Waals surface area contributed by atoms with Crippen molar-refractivity contribution in [2.75, 3.05) is 42.5 Å². The summed E-state index contributed by atoms with van der Waals surface area (Å²) in [4.78, 5) is 30.8. The van der Waals surface area contributed by atoms with Crippen molar-refractivity contribution in [3.05, 3.63) is 0 Å². The van der Waals surface area contributed by atoms with Crippen LogP contribution in [0.3, 0.4) is 0 Å². The lowest BCUT2D eigenvalue weighted by molar-refractivity contribution is -0.137. The van der Waals surface area contributed by atoms with Gasteiger partial charge in [-0.05, 0) is 44.9 Å². The van der Waals surface area contributed by atoms with Gasteiger partial charge in [-0.25, -0.2) is 0 Å². The summed E-state index contributed by atoms with van der Waals surface area (Å²) < 4.78 is 0. The predicted molar refractivity (Wildman–Crippen MR) is 101 cm³/mol. The highest BCUT2D eigenvalue weighted by atomic mass is 32.1. The largest absolute Gasteiger partial charge is 0.347 e. The second kappa shape index (κ2) is 7.90. The summed E-state index contributed by atoms with van der Waals surface area (Å²) in [6, 6.07) is 0. The molecular formula is C18H27N5O2S. The Kier molecular flexibility index (Phi) is 5.38. The zero-order chi connectivity index (χ0) is 17.9. The number of aromatic nitrogens is 2. The summed E-state index contributed by atoms with van der Waals surface area (Å²) in [6.45, 7) is 4.30. The molecule has 7 nitrogen and oxygen atoms in total. The van der Waals surface area contributed by atoms with E-state index < -0.39 is 0 Å². The topological polar surface area (TPSA) is 69.6 Å². The monoisotopic (exact) mass is 377 g/mol. The van der Waals surface area contributed by atoms with E-state index >= 15 is 0 Å². The van der Waals surface area contributed by atoms with Gasteiger partial charge in [-0.1, -0.05) is 11.3 Å². The number of piperidine rings is 3. The minimum absolute atomic E-state index is 0.153. The molecule has 0 atom stereocenters. The molecule has 3 aliphatic heterocycles. The highest BCUT2D eigenvalue weighted by Crippen LogP contribution is 2.32. The normalized spacial score (nSPS) is 22.8. The first-order valence-electron chi connectivity index (χ1n) is 9.90. The Morgan fingerprint density at radius 2 is 1.58 bits per heavy atom. The van der Waals surface area contributed by atoms with Gasteiger partial charge in [0.05, 0.1) is 0 Å². The smallest absolute Gasteiger partial charge is 0.228 e. The Hall–Kier alpha value is -1.70. The summed E-state index contributed by atoms with van der Waals surface area (Å²) in [5.74, 6) is 0.659. The van der Waals surface area contributed by atoms with Crippen LogP contribution in [0.2, 0.25) is 0 Å². The number of hydrogen-bond donors (Lipinski definition) is 0. The lowest BCUT2D eigenvalue weighted by atomic mass is 9.94. The number of anilines is 2. The van der Waals surface area contributed by atoms with E-state index in [4.69, 9.17) is 0 Å². The molecule has 0 bridgehead atoms. The third-order valence-electron chi connectivity index (χ3n) is 5.74. The van der Waals surface area contributed by atoms with E-state index in [1.54, 1.807) is 4.90 Å². The SMILES string of the molecule is O=C(C1CCN(c2nnc(N3CCCCC3=O)s2)CC1)N1CCCCC1. The van der Waals surface area contributed by atoms with Gasteiger partial charge in [-0.2, -0.15) is 0 Å². The summed E-state index contributed by atoms with van der Waals surface area (Å²) in [5, 5.41) is 10.2. The number of nitrogens with zero attached hydrogens (tertiary/aromatic N) is 5. The number of rotatable bonds is 3. The first-order valence-corrected chi connectivity index (χ1v) is 10.7. The Morgan fingerprint density at radius 3 is 2.31 bits per heavy atom. The second-order valence-electron chi connectivity index (χ2n) is 7.52. The molecule has 1 aromatic heterocycles. The lowest BCUT2D eigenvalue weighted by Crippen LogP contribution is -2.44. The Morgan fingerprint density at radius 1 is 0.885 bits per heavy atom. The minimum atomic E-state index is 0.153. The maximum absolute atomic E-state index is 12.7. The number of likely N-dealkylation sites (tertiary alicyclic amines) is 1. The molecule has 0 N–H and O–H groups in total. The summed E-state index contributed by atoms with van der Waals surface area (Å²) in [7, 11) is 0. The van der Waals surface area contributed by atoms with Gasteiger partial charge >= 0.3 is 0 Å². The van der Waals surface area contributed by atoms with Crippen molar-refractivity contribution >= 4 is 33.4 Å². The van der Waals surface area contributed by atoms with Gasteiger partial charge < -0.3 is 9.80 Å². The molecule has 0 spiro atoms. The first kappa shape index (κ1) is 17.7. The molecule has 4 heterocycles. The van der Waals surface area contributed by atoms with Gasteiger partial charge in [0.25, 0.3) is 0 Å². The van der Waals surface area contributed by atoms with Gasteiger partial charge in [0.2, 0.25) is 22.1 Å². The van der Waals surface area contributed by atoms with Gasteiger partial charge in [-0.15, -0.1) is 10.2 Å². The van der Waals surface area contributed by atoms with Crippen LogP contribution >= 0.6 is 11.3 Å². The molecule has 26 heavy (non-hydrogen) atoms. The molecule has 0 radical (unpaired) electrons. The molecule has 3 aliphatic rings. The highest BCUT2D eigenvalue weighted by Gasteiger charge is 2.31. The van der Waals surface area contributed by atoms with Crippen LogP contribution in [0.25, 0.3) is 0 Å². The van der Waals surface area contributed by atoms with Crippen LogP contribution in [0.5, 0.6) is 0 Å². The van der Waals surface area contributed by atoms with Crippen LogP contribution < -0.4 is 9.80 Å². The maximum atomic E-state index is 12.7. The van der Waals surface area contributed by atoms with E-state index in [1.165, 1.54) is 17.8 Å². The molecule has 3 fully saturated rings. The minimum Gasteiger partial charge on any atom is -0.347 e. The highest BCUT2D eigenvalue weighted by molar-refractivity contribution is 7.19. The Balaban J connectivity index is 1.33. The van der Waals surface area contributed by atoms with Crippen LogP contribution in [0.4, 0.5) is 10.3 Å². The molecule has 3 saturated heterocycles. The fraction of sp³-hybridized carbons (Fsp3) is 0.778. The Labute approximate surface area is 158 Å². The number of carbonyl (C=O) groups excluding carboxylic acids is 2. The van der Waals surface area contributed by atoms with E-state index in [0.717, 1.165) is 81.5 Å². The van der Waals surface area contributed by atoms with Gasteiger partial charge in [0, 0.05) is 45.1 Å². The maximum Gasteiger partial charge on any atom is 0.228 e. The quantitative estimate of drug-likeness (QED) is 0.808. The molecule has 142 valence electrons. The van der Waals surface area contributed by atoms with Crippen molar-refractivity contribution in [2.24, 2.45) is 5.92 Å². The lowest BCUT2D eigenvalue weighted by Gasteiger charge is -2.35. The van der Waals surface area contributed by atoms with E-state index in [9.17, 15) is 9.59 Å². The zero-order valence-corrected chi connectivity index (χ0v) is 16.0. The fourth-order valence-corrected chi connectivity index (χ4v) is 5.08. The number of hydrogen-bond acceptors (Lipinski definition) is 6. The average Bonchev–Trinajstić information content (AvgIpc) is 3.18. The van der Waals surface area contributed by atoms with Crippen LogP contribution in [0.1, 0.15) is 51.4 Å². The summed E-state index contributed by atoms with van der Waals surface area (Å²) in [5.41, 5.74) is 0. The molecule has 4 rings (SSSR count). The third kappa shape index (κ3) is 3.70. The van der Waals surface area contributed by atoms with E-state index in [1.807, 2.05) is 0 Å². The van der Waals surface area contributed by atoms with Crippen LogP contribution in [0.15, 0.2) is 0 Å². The standard InChI is InChI=1S/C18H27N5O2S/c24-15-6-2-5-11-23(15)18-20-19-17(26-18)22-12-7-14(8-13-22)16(25)21-9-3-1-4-10-21/h14H,1-13H2. The Bertz CT molecular complexity index is 650. The first-order chi connectivity index (χ1) is 12.7. The van der Waals surface area contributed by atoms with Crippen molar-refractivity contribution < 1.29 is 9.59 Å². The predicted octanol–water partition coefficient (Wildman–Crippen LogP) is 2.28. The van der Waals surface area contributed by atoms with Crippen LogP contribution in [0, 0.1) is 5.92 Å². The van der Waals surface area contributed by atoms with Crippen molar-refractivity contribution in [1.82, 2.24) is 15.1 Å². The molecular weight excluding hydrogens is 350 g/mol. The number of carbonyl (C=O) groups is 2. The molecule has 0 saturated carbocycles. The van der Waals surface area contributed by atoms with Gasteiger partial charge in [-0.3, -0.25) is 14.5 Å². The zero-order valence-electron chi connectivity index (χ0n) is 15.2. The summed E-state index contributed by atoms with van der Waals surface area (Å²) >= 11 is 1.50. The fourth-order valence-electron chi connectivity index (χ4n) is 4.14. The molecule has 0 aliphatic carbocycles. The van der Waals surface area contributed by atoms with E-state index in [0.29, 0.717) is 12.3 Å². The van der Waals surface area contributed by atoms with Crippen molar-refractivity contribution in [3.8, 4) is 0 Å². The second-order valence-corrected chi connectivity index (χ2v) is 8.45. The van der Waals surface area contributed by atoms with E-state index in [-0.39, 0.29) is 11.8 Å². The number of amides is 2. The van der Waals surface area contributed by atoms with Gasteiger partial charge in [0.15, 0.2) is 0 Å². The van der Waals surface area contributed by atoms with Crippen LogP contribution in [-0.4, -0.2) is 59.6 Å². The third-order valence-corrected chi connectivity index (χ3v) is 6.75. The molecule has 1 aromatic rings. The molecule has 0 unspecified atom stereocenters. The van der Waals surface area contributed by atoms with Crippen molar-refractivity contribution in [1.29, 1.82) is 0 Å². The van der Waals surface area contributed by atoms with E-state index in [2.05, 4.69) is 20.0 Å². The molecule has 0 aromatic carbocycles.